The van der Waals surface area contributed by atoms with E-state index in [1.165, 1.54) is 6.07 Å². The molecule has 2 N–H and O–H groups in total. The van der Waals surface area contributed by atoms with Crippen LogP contribution in [0.25, 0.3) is 0 Å². The highest BCUT2D eigenvalue weighted by molar-refractivity contribution is 6.05. The zero-order valence-electron chi connectivity index (χ0n) is 18.4. The number of hydrogen-bond donors (Lipinski definition) is 2. The highest BCUT2D eigenvalue weighted by Crippen LogP contribution is 2.36. The lowest BCUT2D eigenvalue weighted by Gasteiger charge is -2.29. The van der Waals surface area contributed by atoms with Crippen LogP contribution in [-0.2, 0) is 15.6 Å². The Bertz CT molecular complexity index is 945. The van der Waals surface area contributed by atoms with Crippen molar-refractivity contribution < 1.29 is 23.8 Å². The van der Waals surface area contributed by atoms with Crippen molar-refractivity contribution in [1.29, 1.82) is 0 Å². The van der Waals surface area contributed by atoms with Crippen molar-refractivity contribution in [3.63, 3.8) is 0 Å². The van der Waals surface area contributed by atoms with E-state index < -0.39 is 23.3 Å². The number of nitrogens with one attached hydrogen (secondary N) is 1. The average Bonchev–Trinajstić information content (AvgIpc) is 2.65. The molecule has 5 nitrogen and oxygen atoms in total. The zero-order valence-corrected chi connectivity index (χ0v) is 18.4. The van der Waals surface area contributed by atoms with E-state index in [1.807, 2.05) is 12.1 Å². The summed E-state index contributed by atoms with van der Waals surface area (Å²) < 4.78 is 19.2. The Balaban J connectivity index is 2.38. The van der Waals surface area contributed by atoms with Gasteiger partial charge in [0.15, 0.2) is 0 Å². The number of rotatable bonds is 7. The minimum absolute atomic E-state index is 0.0573. The van der Waals surface area contributed by atoms with Gasteiger partial charge in [0.2, 0.25) is 0 Å². The van der Waals surface area contributed by atoms with Gasteiger partial charge in [-0.15, -0.1) is 0 Å². The van der Waals surface area contributed by atoms with Crippen LogP contribution in [0.2, 0.25) is 0 Å². The van der Waals surface area contributed by atoms with Gasteiger partial charge in [-0.2, -0.15) is 0 Å². The van der Waals surface area contributed by atoms with Crippen LogP contribution < -0.4 is 5.32 Å². The van der Waals surface area contributed by atoms with E-state index in [4.69, 9.17) is 9.84 Å². The molecule has 0 radical (unpaired) electrons. The summed E-state index contributed by atoms with van der Waals surface area (Å²) in [7, 11) is 1.68. The number of carboxylic acids is 1. The van der Waals surface area contributed by atoms with E-state index in [2.05, 4.69) is 46.0 Å². The Kier molecular flexibility index (Phi) is 7.03. The van der Waals surface area contributed by atoms with E-state index in [0.717, 1.165) is 29.7 Å². The summed E-state index contributed by atoms with van der Waals surface area (Å²) in [5.41, 5.74) is 1.98. The number of amides is 1. The van der Waals surface area contributed by atoms with Crippen LogP contribution in [0.1, 0.15) is 72.9 Å². The lowest BCUT2D eigenvalue weighted by atomic mass is 9.77. The monoisotopic (exact) mass is 415 g/mol. The van der Waals surface area contributed by atoms with Gasteiger partial charge in [0.05, 0.1) is 5.56 Å². The first-order valence-electron chi connectivity index (χ1n) is 9.85. The predicted molar refractivity (Wildman–Crippen MR) is 116 cm³/mol. The SMILES string of the molecule is COCCC(C)(C)c1ccc(NC(=O)c2ccc(C(=O)O)c(F)c2)c(C(C)(C)C)c1. The lowest BCUT2D eigenvalue weighted by Crippen LogP contribution is -2.23. The van der Waals surface area contributed by atoms with Crippen molar-refractivity contribution >= 4 is 17.6 Å². The molecule has 0 aliphatic rings. The van der Waals surface area contributed by atoms with Crippen LogP contribution in [0.3, 0.4) is 0 Å². The molecule has 2 rings (SSSR count). The molecule has 0 heterocycles. The van der Waals surface area contributed by atoms with Crippen molar-refractivity contribution in [2.24, 2.45) is 0 Å². The smallest absolute Gasteiger partial charge is 0.338 e. The molecule has 2 aromatic carbocycles. The third-order valence-corrected chi connectivity index (χ3v) is 5.25. The number of halogens is 1. The summed E-state index contributed by atoms with van der Waals surface area (Å²) in [4.78, 5) is 23.7. The number of hydrogen-bond acceptors (Lipinski definition) is 3. The topological polar surface area (TPSA) is 75.6 Å². The highest BCUT2D eigenvalue weighted by atomic mass is 19.1. The van der Waals surface area contributed by atoms with Crippen LogP contribution >= 0.6 is 0 Å². The molecular weight excluding hydrogens is 385 g/mol. The van der Waals surface area contributed by atoms with Gasteiger partial charge in [-0.25, -0.2) is 9.18 Å². The maximum Gasteiger partial charge on any atom is 0.338 e. The Morgan fingerprint density at radius 1 is 1.07 bits per heavy atom. The molecular formula is C24H30FNO4. The summed E-state index contributed by atoms with van der Waals surface area (Å²) >= 11 is 0. The first-order chi connectivity index (χ1) is 13.9. The molecule has 0 saturated heterocycles. The van der Waals surface area contributed by atoms with Crippen LogP contribution in [0, 0.1) is 5.82 Å². The molecule has 0 unspecified atom stereocenters. The van der Waals surface area contributed by atoms with Gasteiger partial charge < -0.3 is 15.2 Å². The number of carbonyl (C=O) groups excluding carboxylic acids is 1. The van der Waals surface area contributed by atoms with Crippen molar-refractivity contribution in [1.82, 2.24) is 0 Å². The molecule has 6 heteroatoms. The number of anilines is 1. The number of methoxy groups -OCH3 is 1. The van der Waals surface area contributed by atoms with E-state index in [-0.39, 0.29) is 16.4 Å². The third-order valence-electron chi connectivity index (χ3n) is 5.25. The molecule has 1 amide bonds. The quantitative estimate of drug-likeness (QED) is 0.636. The molecule has 0 fully saturated rings. The second kappa shape index (κ2) is 8.96. The summed E-state index contributed by atoms with van der Waals surface area (Å²) in [5.74, 6) is -2.81. The number of carbonyl (C=O) groups is 2. The molecule has 0 spiro atoms. The van der Waals surface area contributed by atoms with Crippen molar-refractivity contribution in [3.8, 4) is 0 Å². The molecule has 30 heavy (non-hydrogen) atoms. The molecule has 2 aromatic rings. The largest absolute Gasteiger partial charge is 0.478 e. The van der Waals surface area contributed by atoms with Gasteiger partial charge in [-0.05, 0) is 52.6 Å². The zero-order chi connectivity index (χ0) is 22.7. The van der Waals surface area contributed by atoms with E-state index in [1.54, 1.807) is 7.11 Å². The minimum Gasteiger partial charge on any atom is -0.478 e. The number of benzene rings is 2. The van der Waals surface area contributed by atoms with E-state index in [0.29, 0.717) is 12.3 Å². The number of aromatic carboxylic acids is 1. The predicted octanol–water partition coefficient (Wildman–Crippen LogP) is 5.39. The van der Waals surface area contributed by atoms with Crippen molar-refractivity contribution in [3.05, 3.63) is 64.5 Å². The molecule has 162 valence electrons. The highest BCUT2D eigenvalue weighted by Gasteiger charge is 2.26. The molecule has 0 saturated carbocycles. The maximum atomic E-state index is 14.0. The summed E-state index contributed by atoms with van der Waals surface area (Å²) in [6.07, 6.45) is 0.855. The second-order valence-corrected chi connectivity index (χ2v) is 9.09. The summed E-state index contributed by atoms with van der Waals surface area (Å²) in [5, 5.41) is 11.8. The van der Waals surface area contributed by atoms with E-state index >= 15 is 0 Å². The van der Waals surface area contributed by atoms with Crippen LogP contribution in [0.5, 0.6) is 0 Å². The fraction of sp³-hybridized carbons (Fsp3) is 0.417. The van der Waals surface area contributed by atoms with Crippen molar-refractivity contribution in [2.75, 3.05) is 19.0 Å². The van der Waals surface area contributed by atoms with Crippen molar-refractivity contribution in [2.45, 2.75) is 51.9 Å². The van der Waals surface area contributed by atoms with Gasteiger partial charge in [-0.1, -0.05) is 46.8 Å². The van der Waals surface area contributed by atoms with Crippen LogP contribution in [0.4, 0.5) is 10.1 Å². The summed E-state index contributed by atoms with van der Waals surface area (Å²) in [6.45, 7) is 11.1. The van der Waals surface area contributed by atoms with Gasteiger partial charge in [0.25, 0.3) is 5.91 Å². The van der Waals surface area contributed by atoms with E-state index in [9.17, 15) is 14.0 Å². The first-order valence-corrected chi connectivity index (χ1v) is 9.85. The normalized spacial score (nSPS) is 12.0. The average molecular weight is 416 g/mol. The molecule has 0 aromatic heterocycles. The van der Waals surface area contributed by atoms with Gasteiger partial charge in [0.1, 0.15) is 5.82 Å². The molecule has 0 atom stereocenters. The Labute approximate surface area is 177 Å². The third kappa shape index (κ3) is 5.45. The minimum atomic E-state index is -1.37. The fourth-order valence-electron chi connectivity index (χ4n) is 3.22. The lowest BCUT2D eigenvalue weighted by molar-refractivity contribution is 0.0691. The Morgan fingerprint density at radius 3 is 2.27 bits per heavy atom. The van der Waals surface area contributed by atoms with Crippen LogP contribution in [-0.4, -0.2) is 30.7 Å². The standard InChI is InChI=1S/C24H30FNO4/c1-23(2,3)18-14-16(24(4,5)11-12-30-6)8-10-20(18)26-21(27)15-7-9-17(22(28)29)19(25)13-15/h7-10,13-14H,11-12H2,1-6H3,(H,26,27)(H,28,29). The van der Waals surface area contributed by atoms with Crippen LogP contribution in [0.15, 0.2) is 36.4 Å². The number of carboxylic acid groups (broad SMARTS) is 1. The van der Waals surface area contributed by atoms with Gasteiger partial charge >= 0.3 is 5.97 Å². The Morgan fingerprint density at radius 2 is 1.73 bits per heavy atom. The van der Waals surface area contributed by atoms with Gasteiger partial charge in [0, 0.05) is 25.0 Å². The fourth-order valence-corrected chi connectivity index (χ4v) is 3.22. The molecule has 0 bridgehead atoms. The first kappa shape index (κ1) is 23.5. The molecule has 0 aliphatic carbocycles. The maximum absolute atomic E-state index is 14.0. The number of ether oxygens (including phenoxy) is 1. The Hall–Kier alpha value is -2.73. The second-order valence-electron chi connectivity index (χ2n) is 9.09. The van der Waals surface area contributed by atoms with Gasteiger partial charge in [-0.3, -0.25) is 4.79 Å². The summed E-state index contributed by atoms with van der Waals surface area (Å²) in [6, 6.07) is 9.29. The molecule has 0 aliphatic heterocycles.